The number of thiophene rings is 1. The van der Waals surface area contributed by atoms with E-state index in [0.29, 0.717) is 23.1 Å². The Hall–Kier alpha value is -1.15. The van der Waals surface area contributed by atoms with E-state index < -0.39 is 9.84 Å². The maximum absolute atomic E-state index is 11.9. The Kier molecular flexibility index (Phi) is 5.68. The third-order valence-corrected chi connectivity index (χ3v) is 7.59. The maximum atomic E-state index is 11.9. The van der Waals surface area contributed by atoms with Crippen molar-refractivity contribution in [1.82, 2.24) is 4.90 Å². The highest BCUT2D eigenvalue weighted by atomic mass is 35.5. The van der Waals surface area contributed by atoms with Gasteiger partial charge in [0.15, 0.2) is 14.9 Å². The van der Waals surface area contributed by atoms with Gasteiger partial charge in [0.2, 0.25) is 0 Å². The van der Waals surface area contributed by atoms with Gasteiger partial charge < -0.3 is 10.2 Å². The molecule has 0 aliphatic carbocycles. The van der Waals surface area contributed by atoms with Gasteiger partial charge in [-0.2, -0.15) is 0 Å². The van der Waals surface area contributed by atoms with E-state index in [1.807, 2.05) is 47.5 Å². The molecule has 1 atom stereocenters. The molecule has 1 N–H and O–H groups in total. The number of anilines is 1. The average molecular weight is 415 g/mol. The van der Waals surface area contributed by atoms with Crippen LogP contribution in [0.15, 0.2) is 35.7 Å². The van der Waals surface area contributed by atoms with E-state index in [0.717, 1.165) is 16.1 Å². The number of rotatable bonds is 4. The quantitative estimate of drug-likeness (QED) is 0.763. The zero-order valence-electron chi connectivity index (χ0n) is 13.7. The van der Waals surface area contributed by atoms with Crippen molar-refractivity contribution in [2.24, 2.45) is 0 Å². The van der Waals surface area contributed by atoms with Gasteiger partial charge in [-0.05, 0) is 54.7 Å². The van der Waals surface area contributed by atoms with Crippen LogP contribution < -0.4 is 5.32 Å². The van der Waals surface area contributed by atoms with Gasteiger partial charge in [0.25, 0.3) is 0 Å². The monoisotopic (exact) mass is 414 g/mol. The van der Waals surface area contributed by atoms with Gasteiger partial charge in [-0.15, -0.1) is 11.3 Å². The normalized spacial score (nSPS) is 18.9. The molecule has 0 radical (unpaired) electrons. The molecule has 0 unspecified atom stereocenters. The number of hydrogen-bond acceptors (Lipinski definition) is 4. The maximum Gasteiger partial charge on any atom is 0.174 e. The SMILES string of the molecule is Cc1ccc(NC(=S)N(Cc2cccs2)[C@@H]2CCS(=O)(=O)C2)cc1Cl. The lowest BCUT2D eigenvalue weighted by atomic mass is 10.2. The van der Waals surface area contributed by atoms with Crippen LogP contribution in [0.1, 0.15) is 16.9 Å². The Balaban J connectivity index is 1.80. The Labute approximate surface area is 162 Å². The van der Waals surface area contributed by atoms with Crippen molar-refractivity contribution in [2.75, 3.05) is 16.8 Å². The van der Waals surface area contributed by atoms with Crippen LogP contribution in [0.3, 0.4) is 0 Å². The van der Waals surface area contributed by atoms with Crippen molar-refractivity contribution < 1.29 is 8.42 Å². The molecule has 0 spiro atoms. The lowest BCUT2D eigenvalue weighted by Gasteiger charge is -2.30. The lowest BCUT2D eigenvalue weighted by Crippen LogP contribution is -2.42. The van der Waals surface area contributed by atoms with Crippen LogP contribution in [-0.2, 0) is 16.4 Å². The average Bonchev–Trinajstić information content (AvgIpc) is 3.17. The Morgan fingerprint density at radius 2 is 2.24 bits per heavy atom. The van der Waals surface area contributed by atoms with E-state index in [9.17, 15) is 8.42 Å². The molecule has 1 aromatic heterocycles. The lowest BCUT2D eigenvalue weighted by molar-refractivity contribution is 0.335. The molecule has 3 rings (SSSR count). The summed E-state index contributed by atoms with van der Waals surface area (Å²) < 4.78 is 23.8. The van der Waals surface area contributed by atoms with Gasteiger partial charge >= 0.3 is 0 Å². The number of sulfone groups is 1. The van der Waals surface area contributed by atoms with Gasteiger partial charge in [0.05, 0.1) is 18.1 Å². The van der Waals surface area contributed by atoms with Crippen molar-refractivity contribution in [3.8, 4) is 0 Å². The Morgan fingerprint density at radius 1 is 1.44 bits per heavy atom. The fourth-order valence-electron chi connectivity index (χ4n) is 2.82. The van der Waals surface area contributed by atoms with E-state index >= 15 is 0 Å². The summed E-state index contributed by atoms with van der Waals surface area (Å²) in [7, 11) is -2.98. The molecule has 25 heavy (non-hydrogen) atoms. The van der Waals surface area contributed by atoms with E-state index in [-0.39, 0.29) is 17.5 Å². The molecule has 0 bridgehead atoms. The molecule has 4 nitrogen and oxygen atoms in total. The summed E-state index contributed by atoms with van der Waals surface area (Å²) in [6.07, 6.45) is 0.601. The van der Waals surface area contributed by atoms with Gasteiger partial charge in [-0.3, -0.25) is 0 Å². The van der Waals surface area contributed by atoms with Crippen LogP contribution in [-0.4, -0.2) is 36.0 Å². The minimum absolute atomic E-state index is 0.104. The van der Waals surface area contributed by atoms with E-state index in [2.05, 4.69) is 5.32 Å². The van der Waals surface area contributed by atoms with E-state index in [1.54, 1.807) is 11.3 Å². The topological polar surface area (TPSA) is 49.4 Å². The molecule has 8 heteroatoms. The molecule has 134 valence electrons. The second kappa shape index (κ2) is 7.61. The van der Waals surface area contributed by atoms with Gasteiger partial charge in [0.1, 0.15) is 0 Å². The highest BCUT2D eigenvalue weighted by Crippen LogP contribution is 2.24. The minimum Gasteiger partial charge on any atom is -0.340 e. The smallest absolute Gasteiger partial charge is 0.174 e. The first kappa shape index (κ1) is 18.6. The first-order valence-electron chi connectivity index (χ1n) is 7.91. The molecular formula is C17H19ClN2O2S3. The second-order valence-electron chi connectivity index (χ2n) is 6.16. The van der Waals surface area contributed by atoms with E-state index in [1.165, 1.54) is 0 Å². The van der Waals surface area contributed by atoms with Crippen LogP contribution in [0.25, 0.3) is 0 Å². The molecule has 1 aliphatic heterocycles. The zero-order valence-corrected chi connectivity index (χ0v) is 16.9. The molecule has 1 fully saturated rings. The van der Waals surface area contributed by atoms with Crippen LogP contribution in [0.5, 0.6) is 0 Å². The second-order valence-corrected chi connectivity index (χ2v) is 10.2. The number of nitrogens with one attached hydrogen (secondary N) is 1. The summed E-state index contributed by atoms with van der Waals surface area (Å²) in [5.41, 5.74) is 1.80. The number of thiocarbonyl (C=S) groups is 1. The number of halogens is 1. The largest absolute Gasteiger partial charge is 0.340 e. The summed E-state index contributed by atoms with van der Waals surface area (Å²) in [6.45, 7) is 2.54. The molecule has 1 saturated heterocycles. The van der Waals surface area contributed by atoms with Crippen LogP contribution in [0.2, 0.25) is 5.02 Å². The van der Waals surface area contributed by atoms with Crippen molar-refractivity contribution in [1.29, 1.82) is 0 Å². The van der Waals surface area contributed by atoms with E-state index in [4.69, 9.17) is 23.8 Å². The summed E-state index contributed by atoms with van der Waals surface area (Å²) in [4.78, 5) is 3.13. The number of aryl methyl sites for hydroxylation is 1. The highest BCUT2D eigenvalue weighted by Gasteiger charge is 2.33. The first-order valence-corrected chi connectivity index (χ1v) is 11.4. The molecule has 0 saturated carbocycles. The van der Waals surface area contributed by atoms with Gasteiger partial charge in [0, 0.05) is 21.6 Å². The first-order chi connectivity index (χ1) is 11.8. The van der Waals surface area contributed by atoms with Crippen LogP contribution in [0, 0.1) is 6.92 Å². The van der Waals surface area contributed by atoms with Crippen molar-refractivity contribution in [3.63, 3.8) is 0 Å². The predicted octanol–water partition coefficient (Wildman–Crippen LogP) is 4.10. The van der Waals surface area contributed by atoms with Crippen molar-refractivity contribution >= 4 is 55.8 Å². The molecule has 1 aromatic carbocycles. The minimum atomic E-state index is -2.98. The Morgan fingerprint density at radius 3 is 2.84 bits per heavy atom. The van der Waals surface area contributed by atoms with Crippen molar-refractivity contribution in [3.05, 3.63) is 51.2 Å². The van der Waals surface area contributed by atoms with Crippen LogP contribution >= 0.6 is 35.2 Å². The summed E-state index contributed by atoms with van der Waals surface area (Å²) in [5, 5.41) is 6.41. The van der Waals surface area contributed by atoms with Gasteiger partial charge in [-0.1, -0.05) is 23.7 Å². The van der Waals surface area contributed by atoms with Gasteiger partial charge in [-0.25, -0.2) is 8.42 Å². The summed E-state index contributed by atoms with van der Waals surface area (Å²) in [6, 6.07) is 9.59. The molecule has 1 aliphatic rings. The third kappa shape index (κ3) is 4.73. The number of hydrogen-bond donors (Lipinski definition) is 1. The standard InChI is InChI=1S/C17H19ClN2O2S3/c1-12-4-5-13(9-16(12)18)19-17(23)20(10-15-3-2-7-24-15)14-6-8-25(21,22)11-14/h2-5,7,9,14H,6,8,10-11H2,1H3,(H,19,23)/t14-/m1/s1. The van der Waals surface area contributed by atoms with Crippen LogP contribution in [0.4, 0.5) is 5.69 Å². The van der Waals surface area contributed by atoms with Crippen molar-refractivity contribution in [2.45, 2.75) is 25.9 Å². The zero-order chi connectivity index (χ0) is 18.0. The fourth-order valence-corrected chi connectivity index (χ4v) is 5.77. The summed E-state index contributed by atoms with van der Waals surface area (Å²) >= 11 is 13.4. The molecule has 0 amide bonds. The summed E-state index contributed by atoms with van der Waals surface area (Å²) in [5.74, 6) is 0.367. The molecule has 2 heterocycles. The fraction of sp³-hybridized carbons (Fsp3) is 0.353. The number of benzene rings is 1. The molecular weight excluding hydrogens is 396 g/mol. The predicted molar refractivity (Wildman–Crippen MR) is 109 cm³/mol. The Bertz CT molecular complexity index is 866. The third-order valence-electron chi connectivity index (χ3n) is 4.24. The molecule has 2 aromatic rings. The highest BCUT2D eigenvalue weighted by molar-refractivity contribution is 7.91. The number of nitrogens with zero attached hydrogens (tertiary/aromatic N) is 1.